The van der Waals surface area contributed by atoms with Crippen molar-refractivity contribution in [1.82, 2.24) is 0 Å². The maximum atomic E-state index is 14.5. The Morgan fingerprint density at radius 2 is 2.00 bits per heavy atom. The molecule has 6 heteroatoms. The lowest BCUT2D eigenvalue weighted by Crippen LogP contribution is -2.17. The summed E-state index contributed by atoms with van der Waals surface area (Å²) in [4.78, 5) is 10.4. The van der Waals surface area contributed by atoms with E-state index in [0.717, 1.165) is 0 Å². The van der Waals surface area contributed by atoms with Crippen molar-refractivity contribution in [3.63, 3.8) is 0 Å². The summed E-state index contributed by atoms with van der Waals surface area (Å²) in [5.41, 5.74) is 0.961. The summed E-state index contributed by atoms with van der Waals surface area (Å²) < 4.78 is 34.8. The highest BCUT2D eigenvalue weighted by molar-refractivity contribution is 9.10. The van der Waals surface area contributed by atoms with Crippen LogP contribution in [0.1, 0.15) is 42.4 Å². The minimum absolute atomic E-state index is 0.0935. The van der Waals surface area contributed by atoms with Gasteiger partial charge in [0.15, 0.2) is 0 Å². The number of carboxylic acid groups (broad SMARTS) is 1. The van der Waals surface area contributed by atoms with E-state index < -0.39 is 18.3 Å². The van der Waals surface area contributed by atoms with Gasteiger partial charge in [0, 0.05) is 17.3 Å². The summed E-state index contributed by atoms with van der Waals surface area (Å²) in [6.07, 6.45) is -0.107. The predicted octanol–water partition coefficient (Wildman–Crippen LogP) is 4.81. The fourth-order valence-corrected chi connectivity index (χ4v) is 2.84. The molecule has 1 aromatic carbocycles. The molecule has 0 saturated carbocycles. The van der Waals surface area contributed by atoms with Gasteiger partial charge >= 0.3 is 5.97 Å². The lowest BCUT2D eigenvalue weighted by Gasteiger charge is -2.23. The lowest BCUT2D eigenvalue weighted by molar-refractivity contribution is -0.137. The molecule has 0 unspecified atom stereocenters. The second kappa shape index (κ2) is 7.20. The van der Waals surface area contributed by atoms with Crippen molar-refractivity contribution >= 4 is 21.9 Å². The zero-order chi connectivity index (χ0) is 16.2. The van der Waals surface area contributed by atoms with Crippen LogP contribution in [-0.2, 0) is 10.7 Å². The van der Waals surface area contributed by atoms with Crippen LogP contribution in [0.3, 0.4) is 0 Å². The van der Waals surface area contributed by atoms with Gasteiger partial charge in [0.05, 0.1) is 12.7 Å². The zero-order valence-corrected chi connectivity index (χ0v) is 13.9. The van der Waals surface area contributed by atoms with Crippen LogP contribution in [0.25, 0.3) is 0 Å². The minimum atomic E-state index is -3.05. The topological polar surface area (TPSA) is 46.5 Å². The number of methoxy groups -OCH3 is 1. The highest BCUT2D eigenvalue weighted by atomic mass is 79.9. The van der Waals surface area contributed by atoms with Crippen molar-refractivity contribution in [3.8, 4) is 5.75 Å². The van der Waals surface area contributed by atoms with Gasteiger partial charge in [0.1, 0.15) is 5.75 Å². The van der Waals surface area contributed by atoms with E-state index in [4.69, 9.17) is 9.84 Å². The average Bonchev–Trinajstić information content (AvgIpc) is 2.38. The number of rotatable bonds is 7. The third-order valence-corrected chi connectivity index (χ3v) is 4.19. The summed E-state index contributed by atoms with van der Waals surface area (Å²) in [7, 11) is 1.37. The van der Waals surface area contributed by atoms with Crippen molar-refractivity contribution in [3.05, 3.63) is 27.2 Å². The third kappa shape index (κ3) is 4.40. The van der Waals surface area contributed by atoms with Gasteiger partial charge < -0.3 is 9.84 Å². The summed E-state index contributed by atoms with van der Waals surface area (Å²) >= 11 is 3.29. The summed E-state index contributed by atoms with van der Waals surface area (Å²) in [5, 5.41) is 8.55. The number of aliphatic carboxylic acids is 1. The molecule has 0 aliphatic carbocycles. The van der Waals surface area contributed by atoms with Crippen LogP contribution in [0.4, 0.5) is 8.78 Å². The van der Waals surface area contributed by atoms with Crippen molar-refractivity contribution in [2.45, 2.75) is 45.5 Å². The van der Waals surface area contributed by atoms with E-state index >= 15 is 0 Å². The van der Waals surface area contributed by atoms with Crippen LogP contribution in [0.5, 0.6) is 5.75 Å². The molecule has 1 aromatic rings. The molecule has 1 rings (SSSR count). The van der Waals surface area contributed by atoms with Gasteiger partial charge in [-0.3, -0.25) is 4.79 Å². The molecule has 0 heterocycles. The van der Waals surface area contributed by atoms with E-state index in [1.54, 1.807) is 19.9 Å². The van der Waals surface area contributed by atoms with E-state index in [-0.39, 0.29) is 30.6 Å². The second-order valence-corrected chi connectivity index (χ2v) is 5.87. The number of hydrogen-bond acceptors (Lipinski definition) is 2. The molecule has 0 aliphatic heterocycles. The molecule has 0 bridgehead atoms. The van der Waals surface area contributed by atoms with Crippen molar-refractivity contribution in [2.24, 2.45) is 0 Å². The molecule has 1 N–H and O–H groups in total. The Labute approximate surface area is 131 Å². The highest BCUT2D eigenvalue weighted by Crippen LogP contribution is 2.44. The number of carboxylic acids is 1. The Kier molecular flexibility index (Phi) is 6.13. The first-order valence-electron chi connectivity index (χ1n) is 6.64. The predicted molar refractivity (Wildman–Crippen MR) is 80.2 cm³/mol. The smallest absolute Gasteiger partial charge is 0.303 e. The summed E-state index contributed by atoms with van der Waals surface area (Å²) in [5.74, 6) is -3.83. The Morgan fingerprint density at radius 3 is 2.52 bits per heavy atom. The molecule has 0 spiro atoms. The Balaban J connectivity index is 3.04. The maximum Gasteiger partial charge on any atom is 0.303 e. The van der Waals surface area contributed by atoms with Gasteiger partial charge in [-0.25, -0.2) is 8.78 Å². The summed E-state index contributed by atoms with van der Waals surface area (Å²) in [6, 6.07) is 1.75. The summed E-state index contributed by atoms with van der Waals surface area (Å²) in [6.45, 7) is 3.33. The molecular formula is C15H19BrF2O3. The standard InChI is InChI=1S/C15H19BrF2O3/c1-9-8-11(16)10(2)13(14(9)21-3)15(17,18)7-5-4-6-12(19)20/h8H,4-7H2,1-3H3,(H,19,20). The van der Waals surface area contributed by atoms with Crippen LogP contribution < -0.4 is 4.74 Å². The molecule has 0 fully saturated rings. The number of benzene rings is 1. The quantitative estimate of drug-likeness (QED) is 0.706. The maximum absolute atomic E-state index is 14.5. The molecule has 0 amide bonds. The first-order chi connectivity index (χ1) is 9.70. The van der Waals surface area contributed by atoms with Crippen LogP contribution in [0, 0.1) is 13.8 Å². The van der Waals surface area contributed by atoms with Gasteiger partial charge in [-0.2, -0.15) is 0 Å². The number of ether oxygens (including phenoxy) is 1. The van der Waals surface area contributed by atoms with Gasteiger partial charge in [0.2, 0.25) is 0 Å². The monoisotopic (exact) mass is 364 g/mol. The molecular weight excluding hydrogens is 346 g/mol. The van der Waals surface area contributed by atoms with E-state index in [0.29, 0.717) is 15.6 Å². The van der Waals surface area contributed by atoms with Gasteiger partial charge in [-0.15, -0.1) is 0 Å². The van der Waals surface area contributed by atoms with E-state index in [1.807, 2.05) is 0 Å². The van der Waals surface area contributed by atoms with Crippen LogP contribution in [-0.4, -0.2) is 18.2 Å². The fourth-order valence-electron chi connectivity index (χ4n) is 2.30. The van der Waals surface area contributed by atoms with Crippen LogP contribution >= 0.6 is 15.9 Å². The van der Waals surface area contributed by atoms with E-state index in [1.165, 1.54) is 7.11 Å². The van der Waals surface area contributed by atoms with Crippen molar-refractivity contribution < 1.29 is 23.4 Å². The number of aryl methyl sites for hydroxylation is 1. The van der Waals surface area contributed by atoms with Gasteiger partial charge in [0.25, 0.3) is 5.92 Å². The zero-order valence-electron chi connectivity index (χ0n) is 12.3. The Hall–Kier alpha value is -1.17. The molecule has 0 saturated heterocycles. The van der Waals surface area contributed by atoms with E-state index in [9.17, 15) is 13.6 Å². The highest BCUT2D eigenvalue weighted by Gasteiger charge is 2.37. The van der Waals surface area contributed by atoms with E-state index in [2.05, 4.69) is 15.9 Å². The van der Waals surface area contributed by atoms with Gasteiger partial charge in [-0.05, 0) is 43.9 Å². The molecule has 118 valence electrons. The molecule has 0 aliphatic rings. The SMILES string of the molecule is COc1c(C)cc(Br)c(C)c1C(F)(F)CCCCC(=O)O. The Morgan fingerprint density at radius 1 is 1.38 bits per heavy atom. The number of halogens is 3. The second-order valence-electron chi connectivity index (χ2n) is 5.01. The molecule has 0 atom stereocenters. The Bertz CT molecular complexity index is 530. The van der Waals surface area contributed by atoms with Crippen LogP contribution in [0.2, 0.25) is 0 Å². The van der Waals surface area contributed by atoms with Crippen molar-refractivity contribution in [2.75, 3.05) is 7.11 Å². The normalized spacial score (nSPS) is 11.5. The molecule has 21 heavy (non-hydrogen) atoms. The number of unbranched alkanes of at least 4 members (excludes halogenated alkanes) is 1. The average molecular weight is 365 g/mol. The first-order valence-corrected chi connectivity index (χ1v) is 7.43. The lowest BCUT2D eigenvalue weighted by atomic mass is 9.94. The third-order valence-electron chi connectivity index (χ3n) is 3.36. The van der Waals surface area contributed by atoms with Crippen LogP contribution in [0.15, 0.2) is 10.5 Å². The number of carbonyl (C=O) groups is 1. The number of alkyl halides is 2. The van der Waals surface area contributed by atoms with Gasteiger partial charge in [-0.1, -0.05) is 15.9 Å². The molecule has 3 nitrogen and oxygen atoms in total. The number of hydrogen-bond donors (Lipinski definition) is 1. The fraction of sp³-hybridized carbons (Fsp3) is 0.533. The van der Waals surface area contributed by atoms with Crippen molar-refractivity contribution in [1.29, 1.82) is 0 Å². The molecule has 0 aromatic heterocycles. The minimum Gasteiger partial charge on any atom is -0.496 e. The largest absolute Gasteiger partial charge is 0.496 e. The molecule has 0 radical (unpaired) electrons. The first kappa shape index (κ1) is 17.9.